The molecule has 52 valence electrons. The molecule has 1 aromatic heterocycles. The van der Waals surface area contributed by atoms with Crippen LogP contribution in [0.2, 0.25) is 0 Å². The predicted molar refractivity (Wildman–Crippen MR) is 38.7 cm³/mol. The van der Waals surface area contributed by atoms with E-state index in [1.165, 1.54) is 18.5 Å². The highest BCUT2D eigenvalue weighted by molar-refractivity contribution is 5.15. The highest BCUT2D eigenvalue weighted by atomic mass is 14.8. The van der Waals surface area contributed by atoms with Gasteiger partial charge < -0.3 is 0 Å². The molecule has 0 radical (unpaired) electrons. The molecule has 1 aliphatic carbocycles. The Morgan fingerprint density at radius 3 is 2.80 bits per heavy atom. The average Bonchev–Trinajstić information content (AvgIpc) is 2.68. The molecule has 10 heavy (non-hydrogen) atoms. The van der Waals surface area contributed by atoms with Crippen LogP contribution in [0.25, 0.3) is 0 Å². The summed E-state index contributed by atoms with van der Waals surface area (Å²) in [6, 6.07) is 2.08. The fourth-order valence-electron chi connectivity index (χ4n) is 1.08. The lowest BCUT2D eigenvalue weighted by molar-refractivity contribution is 0.965. The molecule has 0 bridgehead atoms. The topological polar surface area (TPSA) is 25.8 Å². The molecule has 0 amide bonds. The van der Waals surface area contributed by atoms with Gasteiger partial charge in [0, 0.05) is 17.3 Å². The predicted octanol–water partition coefficient (Wildman–Crippen LogP) is 1.66. The number of aromatic nitrogens is 2. The first-order valence-electron chi connectivity index (χ1n) is 3.65. The number of hydrogen-bond acceptors (Lipinski definition) is 2. The molecule has 0 aliphatic heterocycles. The second kappa shape index (κ2) is 2.04. The first kappa shape index (κ1) is 5.83. The van der Waals surface area contributed by atoms with Gasteiger partial charge in [0.05, 0.1) is 0 Å². The van der Waals surface area contributed by atoms with Crippen molar-refractivity contribution >= 4 is 0 Å². The third-order valence-electron chi connectivity index (χ3n) is 1.82. The van der Waals surface area contributed by atoms with Crippen LogP contribution < -0.4 is 0 Å². The molecule has 0 N–H and O–H groups in total. The van der Waals surface area contributed by atoms with Crippen LogP contribution in [-0.4, -0.2) is 9.97 Å². The average molecular weight is 134 g/mol. The Labute approximate surface area is 60.3 Å². The molecule has 0 aromatic carbocycles. The van der Waals surface area contributed by atoms with E-state index in [2.05, 4.69) is 16.0 Å². The summed E-state index contributed by atoms with van der Waals surface area (Å²) >= 11 is 0. The first-order chi connectivity index (χ1) is 4.86. The minimum absolute atomic E-state index is 0.752. The second-order valence-corrected chi connectivity index (χ2v) is 2.86. The highest BCUT2D eigenvalue weighted by Crippen LogP contribution is 2.38. The zero-order valence-corrected chi connectivity index (χ0v) is 6.04. The van der Waals surface area contributed by atoms with E-state index < -0.39 is 0 Å². The van der Waals surface area contributed by atoms with Gasteiger partial charge in [-0.3, -0.25) is 0 Å². The third-order valence-corrected chi connectivity index (χ3v) is 1.82. The van der Waals surface area contributed by atoms with Crippen molar-refractivity contribution in [3.05, 3.63) is 23.8 Å². The van der Waals surface area contributed by atoms with E-state index in [9.17, 15) is 0 Å². The Balaban J connectivity index is 2.32. The standard InChI is InChI=1S/C8H10N2/c1-6-4-8(7-2-3-7)10-5-9-6/h4-5,7H,2-3H2,1H3. The summed E-state index contributed by atoms with van der Waals surface area (Å²) < 4.78 is 0. The Kier molecular flexibility index (Phi) is 1.19. The molecule has 2 nitrogen and oxygen atoms in total. The molecule has 1 saturated carbocycles. The van der Waals surface area contributed by atoms with Gasteiger partial charge in [-0.05, 0) is 25.8 Å². The zero-order chi connectivity index (χ0) is 6.97. The Bertz CT molecular complexity index is 241. The van der Waals surface area contributed by atoms with Crippen LogP contribution in [0.3, 0.4) is 0 Å². The van der Waals surface area contributed by atoms with Crippen LogP contribution in [0.4, 0.5) is 0 Å². The van der Waals surface area contributed by atoms with E-state index in [-0.39, 0.29) is 0 Å². The van der Waals surface area contributed by atoms with Gasteiger partial charge in [0.2, 0.25) is 0 Å². The number of hydrogen-bond donors (Lipinski definition) is 0. The minimum atomic E-state index is 0.752. The van der Waals surface area contributed by atoms with Gasteiger partial charge in [-0.2, -0.15) is 0 Å². The lowest BCUT2D eigenvalue weighted by Crippen LogP contribution is -1.89. The fraction of sp³-hybridized carbons (Fsp3) is 0.500. The van der Waals surface area contributed by atoms with Crippen molar-refractivity contribution in [2.75, 3.05) is 0 Å². The van der Waals surface area contributed by atoms with E-state index in [1.54, 1.807) is 6.33 Å². The Morgan fingerprint density at radius 2 is 2.20 bits per heavy atom. The maximum atomic E-state index is 4.19. The van der Waals surface area contributed by atoms with Crippen molar-refractivity contribution in [3.63, 3.8) is 0 Å². The van der Waals surface area contributed by atoms with Gasteiger partial charge in [0.25, 0.3) is 0 Å². The lowest BCUT2D eigenvalue weighted by Gasteiger charge is -1.95. The van der Waals surface area contributed by atoms with E-state index in [1.807, 2.05) is 6.92 Å². The van der Waals surface area contributed by atoms with Gasteiger partial charge in [0.1, 0.15) is 6.33 Å². The molecular weight excluding hydrogens is 124 g/mol. The van der Waals surface area contributed by atoms with E-state index in [0.29, 0.717) is 0 Å². The van der Waals surface area contributed by atoms with E-state index in [0.717, 1.165) is 11.6 Å². The Hall–Kier alpha value is -0.920. The van der Waals surface area contributed by atoms with Gasteiger partial charge in [0.15, 0.2) is 0 Å². The van der Waals surface area contributed by atoms with Crippen molar-refractivity contribution < 1.29 is 0 Å². The number of nitrogens with zero attached hydrogens (tertiary/aromatic N) is 2. The summed E-state index contributed by atoms with van der Waals surface area (Å²) in [4.78, 5) is 8.23. The van der Waals surface area contributed by atoms with Crippen LogP contribution in [0.5, 0.6) is 0 Å². The summed E-state index contributed by atoms with van der Waals surface area (Å²) in [5.74, 6) is 0.752. The SMILES string of the molecule is Cc1cc(C2CC2)ncn1. The minimum Gasteiger partial charge on any atom is -0.242 e. The molecular formula is C8H10N2. The molecule has 2 rings (SSSR count). The molecule has 0 spiro atoms. The first-order valence-corrected chi connectivity index (χ1v) is 3.65. The van der Waals surface area contributed by atoms with Crippen molar-refractivity contribution in [2.24, 2.45) is 0 Å². The van der Waals surface area contributed by atoms with Crippen molar-refractivity contribution in [1.82, 2.24) is 9.97 Å². The van der Waals surface area contributed by atoms with E-state index >= 15 is 0 Å². The maximum absolute atomic E-state index is 4.19. The van der Waals surface area contributed by atoms with Gasteiger partial charge in [-0.1, -0.05) is 0 Å². The lowest BCUT2D eigenvalue weighted by atomic mass is 10.2. The van der Waals surface area contributed by atoms with Crippen LogP contribution in [0.1, 0.15) is 30.1 Å². The second-order valence-electron chi connectivity index (χ2n) is 2.86. The van der Waals surface area contributed by atoms with Gasteiger partial charge >= 0.3 is 0 Å². The van der Waals surface area contributed by atoms with Gasteiger partial charge in [-0.15, -0.1) is 0 Å². The maximum Gasteiger partial charge on any atom is 0.115 e. The molecule has 1 aromatic rings. The zero-order valence-electron chi connectivity index (χ0n) is 6.04. The smallest absolute Gasteiger partial charge is 0.115 e. The van der Waals surface area contributed by atoms with Crippen LogP contribution in [0, 0.1) is 6.92 Å². The van der Waals surface area contributed by atoms with E-state index in [4.69, 9.17) is 0 Å². The number of rotatable bonds is 1. The fourth-order valence-corrected chi connectivity index (χ4v) is 1.08. The molecule has 1 aliphatic rings. The van der Waals surface area contributed by atoms with Crippen molar-refractivity contribution in [1.29, 1.82) is 0 Å². The van der Waals surface area contributed by atoms with Crippen LogP contribution in [0.15, 0.2) is 12.4 Å². The van der Waals surface area contributed by atoms with Crippen molar-refractivity contribution in [3.8, 4) is 0 Å². The third kappa shape index (κ3) is 1.01. The summed E-state index contributed by atoms with van der Waals surface area (Å²) in [5.41, 5.74) is 2.31. The summed E-state index contributed by atoms with van der Waals surface area (Å²) in [7, 11) is 0. The van der Waals surface area contributed by atoms with Gasteiger partial charge in [-0.25, -0.2) is 9.97 Å². The summed E-state index contributed by atoms with van der Waals surface area (Å²) in [6.45, 7) is 2.01. The monoisotopic (exact) mass is 134 g/mol. The van der Waals surface area contributed by atoms with Crippen LogP contribution >= 0.6 is 0 Å². The molecule has 1 heterocycles. The Morgan fingerprint density at radius 1 is 1.40 bits per heavy atom. The highest BCUT2D eigenvalue weighted by Gasteiger charge is 2.24. The summed E-state index contributed by atoms with van der Waals surface area (Å²) in [6.07, 6.45) is 4.29. The van der Waals surface area contributed by atoms with Crippen LogP contribution in [-0.2, 0) is 0 Å². The largest absolute Gasteiger partial charge is 0.242 e. The molecule has 0 atom stereocenters. The molecule has 0 unspecified atom stereocenters. The quantitative estimate of drug-likeness (QED) is 0.583. The van der Waals surface area contributed by atoms with Crippen molar-refractivity contribution in [2.45, 2.75) is 25.7 Å². The summed E-state index contributed by atoms with van der Waals surface area (Å²) in [5, 5.41) is 0. The normalized spacial score (nSPS) is 17.3. The molecule has 1 fully saturated rings. The molecule has 2 heteroatoms. The molecule has 0 saturated heterocycles. The number of aryl methyl sites for hydroxylation is 1.